The summed E-state index contributed by atoms with van der Waals surface area (Å²) in [5, 5.41) is 23.6. The van der Waals surface area contributed by atoms with Gasteiger partial charge in [0.15, 0.2) is 11.4 Å². The van der Waals surface area contributed by atoms with E-state index in [1.165, 1.54) is 13.2 Å². The summed E-state index contributed by atoms with van der Waals surface area (Å²) in [6.45, 7) is 9.26. The molecule has 1 aliphatic rings. The van der Waals surface area contributed by atoms with Crippen molar-refractivity contribution in [2.75, 3.05) is 24.4 Å². The maximum Gasteiger partial charge on any atom is 0.300 e. The number of hydrogen-bond donors (Lipinski definition) is 2. The first-order chi connectivity index (χ1) is 16.6. The SMILES string of the molecule is COC1(C)C(=O)N(C)c2cc3c(N[C@H](C)c4cccc(C(F)(F)C(C)(C)O)c4C)nnc(C)c3cc21. The molecular formula is C27H32F2N4O3. The molecule has 0 fully saturated rings. The zero-order chi connectivity index (χ0) is 26.8. The lowest BCUT2D eigenvalue weighted by atomic mass is 9.87. The third kappa shape index (κ3) is 3.72. The number of amides is 1. The highest BCUT2D eigenvalue weighted by molar-refractivity contribution is 6.10. The summed E-state index contributed by atoms with van der Waals surface area (Å²) in [4.78, 5) is 14.5. The number of aryl methyl sites for hydroxylation is 1. The summed E-state index contributed by atoms with van der Waals surface area (Å²) in [5.41, 5.74) is -0.360. The topological polar surface area (TPSA) is 87.6 Å². The van der Waals surface area contributed by atoms with Crippen LogP contribution in [0.4, 0.5) is 20.3 Å². The van der Waals surface area contributed by atoms with E-state index in [-0.39, 0.29) is 11.5 Å². The van der Waals surface area contributed by atoms with Gasteiger partial charge in [-0.3, -0.25) is 4.79 Å². The number of aromatic nitrogens is 2. The lowest BCUT2D eigenvalue weighted by Crippen LogP contribution is -2.40. The van der Waals surface area contributed by atoms with Crippen LogP contribution in [0.5, 0.6) is 0 Å². The molecule has 7 nitrogen and oxygen atoms in total. The van der Waals surface area contributed by atoms with Crippen molar-refractivity contribution < 1.29 is 23.4 Å². The number of methoxy groups -OCH3 is 1. The first-order valence-electron chi connectivity index (χ1n) is 11.8. The second-order valence-corrected chi connectivity index (χ2v) is 10.2. The van der Waals surface area contributed by atoms with Gasteiger partial charge in [-0.25, -0.2) is 0 Å². The van der Waals surface area contributed by atoms with E-state index in [1.54, 1.807) is 37.9 Å². The van der Waals surface area contributed by atoms with E-state index in [9.17, 15) is 18.7 Å². The van der Waals surface area contributed by atoms with E-state index in [0.29, 0.717) is 28.3 Å². The van der Waals surface area contributed by atoms with Crippen molar-refractivity contribution in [1.29, 1.82) is 0 Å². The molecule has 36 heavy (non-hydrogen) atoms. The van der Waals surface area contributed by atoms with Crippen LogP contribution in [0.15, 0.2) is 30.3 Å². The fourth-order valence-corrected chi connectivity index (χ4v) is 4.90. The van der Waals surface area contributed by atoms with Crippen molar-refractivity contribution in [3.05, 3.63) is 58.3 Å². The number of carbonyl (C=O) groups is 1. The molecule has 2 atom stereocenters. The number of fused-ring (bicyclic) bond motifs is 2. The molecule has 0 bridgehead atoms. The summed E-state index contributed by atoms with van der Waals surface area (Å²) in [7, 11) is 3.21. The summed E-state index contributed by atoms with van der Waals surface area (Å²) in [6, 6.07) is 8.07. The number of likely N-dealkylation sites (N-methyl/N-ethyl adjacent to an activating group) is 1. The second-order valence-electron chi connectivity index (χ2n) is 10.2. The second kappa shape index (κ2) is 8.45. The summed E-state index contributed by atoms with van der Waals surface area (Å²) >= 11 is 0. The van der Waals surface area contributed by atoms with Gasteiger partial charge in [0, 0.05) is 36.1 Å². The highest BCUT2D eigenvalue weighted by Crippen LogP contribution is 2.45. The Kier molecular flexibility index (Phi) is 6.08. The Labute approximate surface area is 209 Å². The Morgan fingerprint density at radius 1 is 1.17 bits per heavy atom. The predicted molar refractivity (Wildman–Crippen MR) is 135 cm³/mol. The van der Waals surface area contributed by atoms with E-state index in [0.717, 1.165) is 30.2 Å². The van der Waals surface area contributed by atoms with Crippen LogP contribution in [-0.4, -0.2) is 41.0 Å². The molecule has 3 aromatic rings. The van der Waals surface area contributed by atoms with Crippen LogP contribution in [0.3, 0.4) is 0 Å². The number of halogens is 2. The maximum atomic E-state index is 15.0. The van der Waals surface area contributed by atoms with Gasteiger partial charge < -0.3 is 20.1 Å². The molecule has 9 heteroatoms. The van der Waals surface area contributed by atoms with Crippen LogP contribution in [0, 0.1) is 13.8 Å². The summed E-state index contributed by atoms with van der Waals surface area (Å²) < 4.78 is 35.6. The minimum Gasteiger partial charge on any atom is -0.384 e. The zero-order valence-electron chi connectivity index (χ0n) is 21.8. The first-order valence-corrected chi connectivity index (χ1v) is 11.8. The van der Waals surface area contributed by atoms with Gasteiger partial charge in [-0.2, -0.15) is 13.9 Å². The Balaban J connectivity index is 1.79. The van der Waals surface area contributed by atoms with Gasteiger partial charge in [0.1, 0.15) is 5.60 Å². The van der Waals surface area contributed by atoms with Crippen LogP contribution in [0.25, 0.3) is 10.8 Å². The van der Waals surface area contributed by atoms with Crippen LogP contribution < -0.4 is 10.2 Å². The van der Waals surface area contributed by atoms with Crippen LogP contribution in [0.1, 0.15) is 61.7 Å². The number of alkyl halides is 2. The van der Waals surface area contributed by atoms with Gasteiger partial charge in [-0.1, -0.05) is 18.2 Å². The minimum atomic E-state index is -3.44. The van der Waals surface area contributed by atoms with E-state index < -0.39 is 23.2 Å². The quantitative estimate of drug-likeness (QED) is 0.491. The van der Waals surface area contributed by atoms with Gasteiger partial charge in [0.25, 0.3) is 5.91 Å². The Hall–Kier alpha value is -3.17. The molecule has 0 spiro atoms. The van der Waals surface area contributed by atoms with Crippen LogP contribution >= 0.6 is 0 Å². The average Bonchev–Trinajstić information content (AvgIpc) is 3.00. The van der Waals surface area contributed by atoms with Crippen molar-refractivity contribution in [1.82, 2.24) is 10.2 Å². The summed E-state index contributed by atoms with van der Waals surface area (Å²) in [6.07, 6.45) is 0. The lowest BCUT2D eigenvalue weighted by Gasteiger charge is -2.31. The largest absolute Gasteiger partial charge is 0.384 e. The van der Waals surface area contributed by atoms with Gasteiger partial charge in [-0.05, 0) is 64.8 Å². The molecule has 1 aliphatic heterocycles. The first kappa shape index (κ1) is 25.9. The molecule has 2 aromatic carbocycles. The number of nitrogens with zero attached hydrogens (tertiary/aromatic N) is 3. The third-order valence-corrected chi connectivity index (χ3v) is 7.38. The van der Waals surface area contributed by atoms with Crippen molar-refractivity contribution in [3.8, 4) is 0 Å². The smallest absolute Gasteiger partial charge is 0.300 e. The molecule has 1 aromatic heterocycles. The number of anilines is 2. The van der Waals surface area contributed by atoms with E-state index >= 15 is 0 Å². The number of aliphatic hydroxyl groups is 1. The van der Waals surface area contributed by atoms with Crippen molar-refractivity contribution in [3.63, 3.8) is 0 Å². The zero-order valence-corrected chi connectivity index (χ0v) is 21.8. The molecule has 0 saturated carbocycles. The number of benzene rings is 2. The molecule has 2 heterocycles. The van der Waals surface area contributed by atoms with E-state index in [4.69, 9.17) is 4.74 Å². The fraction of sp³-hybridized carbons (Fsp3) is 0.444. The minimum absolute atomic E-state index is 0.170. The molecule has 0 aliphatic carbocycles. The van der Waals surface area contributed by atoms with Crippen LogP contribution in [-0.2, 0) is 21.1 Å². The molecule has 192 valence electrons. The number of ether oxygens (including phenoxy) is 1. The molecule has 0 saturated heterocycles. The monoisotopic (exact) mass is 498 g/mol. The number of hydrogen-bond acceptors (Lipinski definition) is 6. The van der Waals surface area contributed by atoms with E-state index in [1.807, 2.05) is 26.0 Å². The fourth-order valence-electron chi connectivity index (χ4n) is 4.90. The number of rotatable bonds is 6. The van der Waals surface area contributed by atoms with Crippen LogP contribution in [0.2, 0.25) is 0 Å². The maximum absolute atomic E-state index is 15.0. The molecule has 4 rings (SSSR count). The van der Waals surface area contributed by atoms with Gasteiger partial charge in [-0.15, -0.1) is 5.10 Å². The molecule has 1 unspecified atom stereocenters. The Bertz CT molecular complexity index is 1370. The number of carbonyl (C=O) groups excluding carboxylic acids is 1. The van der Waals surface area contributed by atoms with Crippen molar-refractivity contribution in [2.24, 2.45) is 0 Å². The van der Waals surface area contributed by atoms with Gasteiger partial charge >= 0.3 is 5.92 Å². The highest BCUT2D eigenvalue weighted by Gasteiger charge is 2.48. The molecule has 2 N–H and O–H groups in total. The lowest BCUT2D eigenvalue weighted by molar-refractivity contribution is -0.168. The molecular weight excluding hydrogens is 466 g/mol. The number of nitrogens with one attached hydrogen (secondary N) is 1. The predicted octanol–water partition coefficient (Wildman–Crippen LogP) is 5.12. The van der Waals surface area contributed by atoms with Crippen molar-refractivity contribution in [2.45, 2.75) is 64.7 Å². The standard InChI is InChI=1S/C27H32F2N4O3/c1-14-17(10-9-11-20(14)27(28,29)25(4,5)35)15(2)30-23-19-13-22-21(12-18(19)16(3)31-32-23)26(6,36-8)24(34)33(22)7/h9-13,15,35H,1-8H3,(H,30,32)/t15-,26?/m1/s1. The average molecular weight is 499 g/mol. The highest BCUT2D eigenvalue weighted by atomic mass is 19.3. The van der Waals surface area contributed by atoms with Gasteiger partial charge in [0.05, 0.1) is 17.4 Å². The molecule has 0 radical (unpaired) electrons. The van der Waals surface area contributed by atoms with Gasteiger partial charge in [0.2, 0.25) is 0 Å². The normalized spacial score (nSPS) is 19.1. The Morgan fingerprint density at radius 2 is 1.83 bits per heavy atom. The molecule has 1 amide bonds. The van der Waals surface area contributed by atoms with E-state index in [2.05, 4.69) is 15.5 Å². The summed E-state index contributed by atoms with van der Waals surface area (Å²) in [5.74, 6) is -3.14. The Morgan fingerprint density at radius 3 is 2.44 bits per heavy atom. The van der Waals surface area contributed by atoms with Crippen molar-refractivity contribution >= 4 is 28.2 Å². The third-order valence-electron chi connectivity index (χ3n) is 7.38.